The molecule has 0 unspecified atom stereocenters. The van der Waals surface area contributed by atoms with Gasteiger partial charge in [0, 0.05) is 7.11 Å². The lowest BCUT2D eigenvalue weighted by Gasteiger charge is -1.46. The highest BCUT2D eigenvalue weighted by molar-refractivity contribution is 6.13. The van der Waals surface area contributed by atoms with Gasteiger partial charge in [-0.2, -0.15) is 0 Å². The molecular weight excluding hydrogens is 70.8 g/mol. The summed E-state index contributed by atoms with van der Waals surface area (Å²) in [6, 6.07) is 0. The number of rotatable bonds is 0. The number of aliphatic hydroxyl groups excluding tert-OH is 1. The smallest absolute Gasteiger partial charge is 0.429 e. The molecule has 0 aromatic carbocycles. The second-order valence-electron chi connectivity index (χ2n) is 0.115. The van der Waals surface area contributed by atoms with Crippen molar-refractivity contribution in [1.82, 2.24) is 0 Å². The summed E-state index contributed by atoms with van der Waals surface area (Å²) in [5.74, 6) is 0. The fraction of sp³-hybridized carbons (Fsp3) is 1.00. The Morgan fingerprint density at radius 1 is 1.20 bits per heavy atom. The van der Waals surface area contributed by atoms with Crippen molar-refractivity contribution < 1.29 is 15.2 Å². The van der Waals surface area contributed by atoms with Crippen LogP contribution in [0.25, 0.3) is 0 Å². The molecule has 0 saturated heterocycles. The Bertz CT molecular complexity index is 6.85. The van der Waals surface area contributed by atoms with Gasteiger partial charge >= 0.3 is 7.69 Å². The largest absolute Gasteiger partial charge is 0.482 e. The van der Waals surface area contributed by atoms with Crippen molar-refractivity contribution >= 4 is 7.69 Å². The molecule has 0 amide bonds. The highest BCUT2D eigenvalue weighted by Gasteiger charge is 1.51. The standard InChI is InChI=1S/CH4O.BH2O2/c1-2;2-1-3/h2H,1H3;2-3H. The summed E-state index contributed by atoms with van der Waals surface area (Å²) in [4.78, 5) is 0. The van der Waals surface area contributed by atoms with Crippen LogP contribution in [0.2, 0.25) is 0 Å². The molecule has 0 aliphatic carbocycles. The van der Waals surface area contributed by atoms with Gasteiger partial charge in [-0.1, -0.05) is 0 Å². The monoisotopic (exact) mass is 77.0 g/mol. The molecule has 3 N–H and O–H groups in total. The van der Waals surface area contributed by atoms with E-state index < -0.39 is 0 Å². The first kappa shape index (κ1) is 8.87. The summed E-state index contributed by atoms with van der Waals surface area (Å²) in [6.07, 6.45) is 0. The van der Waals surface area contributed by atoms with Crippen molar-refractivity contribution in [3.63, 3.8) is 0 Å². The van der Waals surface area contributed by atoms with Gasteiger partial charge in [0.2, 0.25) is 0 Å². The van der Waals surface area contributed by atoms with Crippen molar-refractivity contribution in [2.24, 2.45) is 0 Å². The number of hydrogen-bond acceptors (Lipinski definition) is 3. The lowest BCUT2D eigenvalue weighted by atomic mass is 10.5. The van der Waals surface area contributed by atoms with Crippen molar-refractivity contribution in [2.75, 3.05) is 7.11 Å². The van der Waals surface area contributed by atoms with Crippen LogP contribution in [-0.2, 0) is 0 Å². The van der Waals surface area contributed by atoms with Crippen molar-refractivity contribution in [2.45, 2.75) is 0 Å². The maximum absolute atomic E-state index is 7.00. The van der Waals surface area contributed by atoms with E-state index >= 15 is 0 Å². The normalized spacial score (nSPS) is 4.00. The van der Waals surface area contributed by atoms with E-state index in [1.807, 2.05) is 0 Å². The molecule has 3 nitrogen and oxygen atoms in total. The topological polar surface area (TPSA) is 60.7 Å². The molecule has 0 aromatic rings. The van der Waals surface area contributed by atoms with Gasteiger partial charge < -0.3 is 15.2 Å². The minimum Gasteiger partial charge on any atom is -0.429 e. The van der Waals surface area contributed by atoms with Gasteiger partial charge in [0.05, 0.1) is 0 Å². The molecule has 0 aromatic heterocycles. The second-order valence-corrected chi connectivity index (χ2v) is 0.115. The molecule has 0 heterocycles. The molecule has 0 rings (SSSR count). The van der Waals surface area contributed by atoms with Crippen molar-refractivity contribution in [3.8, 4) is 0 Å². The molecule has 0 atom stereocenters. The first-order valence-corrected chi connectivity index (χ1v) is 0.964. The summed E-state index contributed by atoms with van der Waals surface area (Å²) < 4.78 is 0. The van der Waals surface area contributed by atoms with E-state index in [-0.39, 0.29) is 7.69 Å². The van der Waals surface area contributed by atoms with Crippen molar-refractivity contribution in [3.05, 3.63) is 0 Å². The number of aliphatic hydroxyl groups is 1. The Hall–Kier alpha value is -0.0551. The summed E-state index contributed by atoms with van der Waals surface area (Å²) in [6.45, 7) is 0. The van der Waals surface area contributed by atoms with E-state index in [1.165, 1.54) is 0 Å². The minimum absolute atomic E-state index is 0. The zero-order valence-corrected chi connectivity index (χ0v) is 2.92. The van der Waals surface area contributed by atoms with Crippen LogP contribution in [0.1, 0.15) is 0 Å². The highest BCUT2D eigenvalue weighted by Crippen LogP contribution is 1.08. The van der Waals surface area contributed by atoms with Gasteiger partial charge in [-0.25, -0.2) is 0 Å². The molecule has 0 fully saturated rings. The lowest BCUT2D eigenvalue weighted by Crippen LogP contribution is -1.75. The van der Waals surface area contributed by atoms with Crippen LogP contribution in [0.3, 0.4) is 0 Å². The third-order valence-corrected chi connectivity index (χ3v) is 0. The van der Waals surface area contributed by atoms with Crippen LogP contribution in [0.5, 0.6) is 0 Å². The molecule has 0 aliphatic heterocycles. The van der Waals surface area contributed by atoms with Crippen LogP contribution in [0, 0.1) is 0 Å². The van der Waals surface area contributed by atoms with Crippen LogP contribution in [-0.4, -0.2) is 29.9 Å². The predicted molar refractivity (Wildman–Crippen MR) is 18.3 cm³/mol. The van der Waals surface area contributed by atoms with Crippen molar-refractivity contribution in [1.29, 1.82) is 0 Å². The summed E-state index contributed by atoms with van der Waals surface area (Å²) >= 11 is 0. The Kier molecular flexibility index (Phi) is 68.0. The van der Waals surface area contributed by atoms with Gasteiger partial charge in [0.25, 0.3) is 0 Å². The van der Waals surface area contributed by atoms with E-state index in [0.29, 0.717) is 0 Å². The van der Waals surface area contributed by atoms with E-state index in [1.54, 1.807) is 0 Å². The highest BCUT2D eigenvalue weighted by atomic mass is 16.4. The number of hydrogen-bond donors (Lipinski definition) is 3. The average Bonchev–Trinajstić information content (AvgIpc) is 1.46. The van der Waals surface area contributed by atoms with Crippen LogP contribution >= 0.6 is 0 Å². The summed E-state index contributed by atoms with van der Waals surface area (Å²) in [5.41, 5.74) is 0. The summed E-state index contributed by atoms with van der Waals surface area (Å²) in [7, 11) is 1.00. The lowest BCUT2D eigenvalue weighted by molar-refractivity contribution is 0.399. The fourth-order valence-electron chi connectivity index (χ4n) is 0. The average molecular weight is 76.9 g/mol. The predicted octanol–water partition coefficient (Wildman–Crippen LogP) is -1.89. The van der Waals surface area contributed by atoms with E-state index in [0.717, 1.165) is 7.11 Å². The SMILES string of the molecule is CO.O[B]O. The molecule has 0 bridgehead atoms. The molecule has 0 saturated carbocycles. The van der Waals surface area contributed by atoms with Gasteiger partial charge in [-0.3, -0.25) is 0 Å². The van der Waals surface area contributed by atoms with E-state index in [4.69, 9.17) is 15.2 Å². The quantitative estimate of drug-likeness (QED) is 0.296. The molecular formula is CH6BO3. The molecule has 0 aliphatic rings. The second kappa shape index (κ2) is 38.3. The van der Waals surface area contributed by atoms with E-state index in [9.17, 15) is 0 Å². The molecule has 0 spiro atoms. The first-order valence-electron chi connectivity index (χ1n) is 0.964. The van der Waals surface area contributed by atoms with Crippen LogP contribution in [0.15, 0.2) is 0 Å². The Morgan fingerprint density at radius 2 is 1.20 bits per heavy atom. The zero-order valence-electron chi connectivity index (χ0n) is 2.92. The Morgan fingerprint density at radius 3 is 1.20 bits per heavy atom. The fourth-order valence-corrected chi connectivity index (χ4v) is 0. The van der Waals surface area contributed by atoms with Crippen LogP contribution < -0.4 is 0 Å². The van der Waals surface area contributed by atoms with Gasteiger partial charge in [0.1, 0.15) is 0 Å². The molecule has 31 valence electrons. The van der Waals surface area contributed by atoms with Gasteiger partial charge in [0.15, 0.2) is 0 Å². The molecule has 4 heteroatoms. The van der Waals surface area contributed by atoms with Crippen LogP contribution in [0.4, 0.5) is 0 Å². The zero-order chi connectivity index (χ0) is 4.71. The Balaban J connectivity index is 0. The van der Waals surface area contributed by atoms with Gasteiger partial charge in [-0.15, -0.1) is 0 Å². The third-order valence-electron chi connectivity index (χ3n) is 0. The maximum Gasteiger partial charge on any atom is 0.482 e. The first-order chi connectivity index (χ1) is 2.41. The van der Waals surface area contributed by atoms with E-state index in [2.05, 4.69) is 0 Å². The summed E-state index contributed by atoms with van der Waals surface area (Å²) in [5, 5.41) is 21.0. The maximum atomic E-state index is 7.00. The van der Waals surface area contributed by atoms with Gasteiger partial charge in [-0.05, 0) is 0 Å². The minimum atomic E-state index is 0. The molecule has 1 radical (unpaired) electrons. The Labute approximate surface area is 31.2 Å². The third kappa shape index (κ3) is 4920. The molecule has 5 heavy (non-hydrogen) atoms.